The van der Waals surface area contributed by atoms with Crippen LogP contribution < -0.4 is 5.32 Å². The van der Waals surface area contributed by atoms with Crippen LogP contribution >= 0.6 is 12.2 Å². The van der Waals surface area contributed by atoms with Gasteiger partial charge in [0.1, 0.15) is 0 Å². The van der Waals surface area contributed by atoms with Gasteiger partial charge >= 0.3 is 0 Å². The molecule has 0 unspecified atom stereocenters. The second kappa shape index (κ2) is 7.72. The second-order valence-electron chi connectivity index (χ2n) is 6.06. The van der Waals surface area contributed by atoms with Crippen molar-refractivity contribution in [1.82, 2.24) is 20.1 Å². The molecule has 1 aliphatic carbocycles. The molecule has 1 aromatic heterocycles. The number of hydrogen-bond acceptors (Lipinski definition) is 4. The highest BCUT2D eigenvalue weighted by molar-refractivity contribution is 7.71. The number of amides is 1. The lowest BCUT2D eigenvalue weighted by Crippen LogP contribution is -2.33. The molecule has 6 nitrogen and oxygen atoms in total. The smallest absolute Gasteiger partial charge is 0.254 e. The minimum atomic E-state index is -0.596. The van der Waals surface area contributed by atoms with Gasteiger partial charge in [-0.25, -0.2) is 0 Å². The zero-order valence-corrected chi connectivity index (χ0v) is 14.5. The Kier molecular flexibility index (Phi) is 5.42. The number of rotatable bonds is 6. The van der Waals surface area contributed by atoms with E-state index >= 15 is 0 Å². The molecule has 128 valence electrons. The number of aromatic nitrogens is 3. The van der Waals surface area contributed by atoms with Crippen LogP contribution in [0.25, 0.3) is 0 Å². The summed E-state index contributed by atoms with van der Waals surface area (Å²) in [4.78, 5) is 12.7. The van der Waals surface area contributed by atoms with E-state index in [-0.39, 0.29) is 12.0 Å². The quantitative estimate of drug-likeness (QED) is 0.789. The van der Waals surface area contributed by atoms with E-state index in [0.29, 0.717) is 17.1 Å². The van der Waals surface area contributed by atoms with Gasteiger partial charge in [0.15, 0.2) is 16.7 Å². The monoisotopic (exact) mass is 346 g/mol. The Labute approximate surface area is 146 Å². The summed E-state index contributed by atoms with van der Waals surface area (Å²) in [5, 5.41) is 9.74. The molecular weight excluding hydrogens is 324 g/mol. The fourth-order valence-corrected chi connectivity index (χ4v) is 3.08. The standard InChI is InChI=1S/C17H22N4O2S/c1-21-14(19-20-17(21)24)11-18-16(22)15(12-7-3-2-4-8-12)23-13-9-5-6-10-13/h2-4,7-8,13,15H,5-6,9-11H2,1H3,(H,18,22)(H,20,24)/t15-/m0/s1. The van der Waals surface area contributed by atoms with Crippen LogP contribution in [0.15, 0.2) is 30.3 Å². The highest BCUT2D eigenvalue weighted by Crippen LogP contribution is 2.28. The van der Waals surface area contributed by atoms with Gasteiger partial charge in [-0.3, -0.25) is 9.89 Å². The van der Waals surface area contributed by atoms with Crippen molar-refractivity contribution in [2.75, 3.05) is 0 Å². The number of hydrogen-bond donors (Lipinski definition) is 2. The third-order valence-corrected chi connectivity index (χ3v) is 4.73. The van der Waals surface area contributed by atoms with Gasteiger partial charge < -0.3 is 14.6 Å². The molecule has 0 aliphatic heterocycles. The molecule has 0 radical (unpaired) electrons. The number of ether oxygens (including phenoxy) is 1. The van der Waals surface area contributed by atoms with Crippen LogP contribution in [-0.4, -0.2) is 26.8 Å². The predicted octanol–water partition coefficient (Wildman–Crippen LogP) is 2.79. The number of nitrogens with zero attached hydrogens (tertiary/aromatic N) is 2. The van der Waals surface area contributed by atoms with Crippen LogP contribution in [-0.2, 0) is 23.1 Å². The van der Waals surface area contributed by atoms with Crippen molar-refractivity contribution < 1.29 is 9.53 Å². The first-order valence-corrected chi connectivity index (χ1v) is 8.64. The molecule has 1 aliphatic rings. The summed E-state index contributed by atoms with van der Waals surface area (Å²) in [5.41, 5.74) is 0.872. The summed E-state index contributed by atoms with van der Waals surface area (Å²) >= 11 is 5.09. The van der Waals surface area contributed by atoms with Crippen molar-refractivity contribution in [2.45, 2.75) is 44.4 Å². The Bertz CT molecular complexity index is 735. The highest BCUT2D eigenvalue weighted by atomic mass is 32.1. The topological polar surface area (TPSA) is 71.9 Å². The lowest BCUT2D eigenvalue weighted by atomic mass is 10.1. The highest BCUT2D eigenvalue weighted by Gasteiger charge is 2.27. The number of carbonyl (C=O) groups is 1. The van der Waals surface area contributed by atoms with E-state index in [9.17, 15) is 4.79 Å². The zero-order chi connectivity index (χ0) is 16.9. The van der Waals surface area contributed by atoms with Crippen LogP contribution in [0.3, 0.4) is 0 Å². The summed E-state index contributed by atoms with van der Waals surface area (Å²) in [6, 6.07) is 9.63. The van der Waals surface area contributed by atoms with Crippen molar-refractivity contribution in [3.63, 3.8) is 0 Å². The van der Waals surface area contributed by atoms with E-state index < -0.39 is 6.10 Å². The van der Waals surface area contributed by atoms with Gasteiger partial charge in [-0.2, -0.15) is 5.10 Å². The van der Waals surface area contributed by atoms with E-state index in [0.717, 1.165) is 18.4 Å². The van der Waals surface area contributed by atoms with Crippen LogP contribution in [0.1, 0.15) is 43.2 Å². The number of aromatic amines is 1. The average Bonchev–Trinajstić information content (AvgIpc) is 3.23. The van der Waals surface area contributed by atoms with E-state index in [2.05, 4.69) is 15.5 Å². The Morgan fingerprint density at radius 3 is 2.75 bits per heavy atom. The van der Waals surface area contributed by atoms with Crippen LogP contribution in [0.5, 0.6) is 0 Å². The Morgan fingerprint density at radius 2 is 2.12 bits per heavy atom. The average molecular weight is 346 g/mol. The third kappa shape index (κ3) is 3.91. The zero-order valence-electron chi connectivity index (χ0n) is 13.7. The van der Waals surface area contributed by atoms with Crippen molar-refractivity contribution in [3.05, 3.63) is 46.5 Å². The third-order valence-electron chi connectivity index (χ3n) is 4.36. The molecule has 1 aromatic carbocycles. The lowest BCUT2D eigenvalue weighted by molar-refractivity contribution is -0.137. The first-order chi connectivity index (χ1) is 11.6. The van der Waals surface area contributed by atoms with Crippen molar-refractivity contribution in [2.24, 2.45) is 7.05 Å². The van der Waals surface area contributed by atoms with E-state index in [1.165, 1.54) is 12.8 Å². The molecule has 2 N–H and O–H groups in total. The molecule has 0 bridgehead atoms. The van der Waals surface area contributed by atoms with Gasteiger partial charge in [0.05, 0.1) is 12.6 Å². The maximum Gasteiger partial charge on any atom is 0.254 e. The SMILES string of the molecule is Cn1c(CNC(=O)[C@@H](OC2CCCC2)c2ccccc2)n[nH]c1=S. The molecule has 0 saturated heterocycles. The minimum absolute atomic E-state index is 0.151. The fraction of sp³-hybridized carbons (Fsp3) is 0.471. The van der Waals surface area contributed by atoms with Gasteiger partial charge in [-0.15, -0.1) is 0 Å². The molecule has 1 amide bonds. The summed E-state index contributed by atoms with van der Waals surface area (Å²) in [6.07, 6.45) is 3.93. The maximum absolute atomic E-state index is 12.7. The van der Waals surface area contributed by atoms with E-state index in [1.807, 2.05) is 37.4 Å². The lowest BCUT2D eigenvalue weighted by Gasteiger charge is -2.22. The molecular formula is C17H22N4O2S. The van der Waals surface area contributed by atoms with Crippen LogP contribution in [0, 0.1) is 4.77 Å². The normalized spacial score (nSPS) is 16.2. The molecule has 1 heterocycles. The Morgan fingerprint density at radius 1 is 1.42 bits per heavy atom. The summed E-state index contributed by atoms with van der Waals surface area (Å²) in [5.74, 6) is 0.531. The number of benzene rings is 1. The second-order valence-corrected chi connectivity index (χ2v) is 6.44. The Balaban J connectivity index is 1.70. The minimum Gasteiger partial charge on any atom is -0.360 e. The summed E-state index contributed by atoms with van der Waals surface area (Å²) in [7, 11) is 1.82. The largest absolute Gasteiger partial charge is 0.360 e. The first-order valence-electron chi connectivity index (χ1n) is 8.23. The molecule has 2 aromatic rings. The molecule has 3 rings (SSSR count). The van der Waals surface area contributed by atoms with Crippen molar-refractivity contribution in [3.8, 4) is 0 Å². The predicted molar refractivity (Wildman–Crippen MR) is 92.8 cm³/mol. The van der Waals surface area contributed by atoms with Gasteiger partial charge in [-0.1, -0.05) is 43.2 Å². The number of H-pyrrole nitrogens is 1. The summed E-state index contributed by atoms with van der Waals surface area (Å²) in [6.45, 7) is 0.305. The molecule has 24 heavy (non-hydrogen) atoms. The molecule has 0 spiro atoms. The van der Waals surface area contributed by atoms with Gasteiger partial charge in [0.2, 0.25) is 0 Å². The fourth-order valence-electron chi connectivity index (χ4n) is 2.93. The summed E-state index contributed by atoms with van der Waals surface area (Å²) < 4.78 is 8.39. The molecule has 7 heteroatoms. The molecule has 1 atom stereocenters. The van der Waals surface area contributed by atoms with Gasteiger partial charge in [-0.05, 0) is 30.6 Å². The van der Waals surface area contributed by atoms with Crippen molar-refractivity contribution >= 4 is 18.1 Å². The van der Waals surface area contributed by atoms with Crippen LogP contribution in [0.4, 0.5) is 0 Å². The molecule has 1 fully saturated rings. The van der Waals surface area contributed by atoms with Gasteiger partial charge in [0.25, 0.3) is 5.91 Å². The Hall–Kier alpha value is -1.99. The first kappa shape index (κ1) is 16.9. The maximum atomic E-state index is 12.7. The van der Waals surface area contributed by atoms with E-state index in [1.54, 1.807) is 4.57 Å². The van der Waals surface area contributed by atoms with Gasteiger partial charge in [0, 0.05) is 7.05 Å². The number of nitrogens with one attached hydrogen (secondary N) is 2. The molecule has 1 saturated carbocycles. The number of carbonyl (C=O) groups excluding carboxylic acids is 1. The van der Waals surface area contributed by atoms with E-state index in [4.69, 9.17) is 17.0 Å². The van der Waals surface area contributed by atoms with Crippen LogP contribution in [0.2, 0.25) is 0 Å². The van der Waals surface area contributed by atoms with Crippen molar-refractivity contribution in [1.29, 1.82) is 0 Å².